The number of thiazole rings is 1. The summed E-state index contributed by atoms with van der Waals surface area (Å²) in [5.74, 6) is 1.34. The van der Waals surface area contributed by atoms with Crippen LogP contribution in [0.1, 0.15) is 21.7 Å². The van der Waals surface area contributed by atoms with E-state index in [1.165, 1.54) is 11.3 Å². The van der Waals surface area contributed by atoms with Gasteiger partial charge in [-0.2, -0.15) is 0 Å². The Bertz CT molecular complexity index is 895. The first-order chi connectivity index (χ1) is 12.6. The highest BCUT2D eigenvalue weighted by molar-refractivity contribution is 7.14. The Morgan fingerprint density at radius 3 is 2.85 bits per heavy atom. The van der Waals surface area contributed by atoms with Gasteiger partial charge in [0.25, 0.3) is 5.91 Å². The number of pyridine rings is 1. The fraction of sp³-hybridized carbons (Fsp3) is 0.211. The molecule has 0 radical (unpaired) electrons. The molecule has 134 valence electrons. The number of methoxy groups -OCH3 is 1. The van der Waals surface area contributed by atoms with Crippen LogP contribution in [0.25, 0.3) is 0 Å². The standard InChI is InChI=1S/C19H20N4O2S/c1-13-5-3-8-17(21-13)23-19-22-16(12-26-19)18(24)20-10-9-14-6-4-7-15(11-14)25-2/h3-8,11-12H,9-10H2,1-2H3,(H,20,24)(H,21,22,23). The average molecular weight is 368 g/mol. The molecule has 0 saturated carbocycles. The summed E-state index contributed by atoms with van der Waals surface area (Å²) in [4.78, 5) is 20.9. The zero-order valence-electron chi connectivity index (χ0n) is 14.7. The van der Waals surface area contributed by atoms with Gasteiger partial charge in [-0.25, -0.2) is 9.97 Å². The average Bonchev–Trinajstić information content (AvgIpc) is 3.10. The SMILES string of the molecule is COc1cccc(CCNC(=O)c2csc(Nc3cccc(C)n3)n2)c1. The van der Waals surface area contributed by atoms with Crippen molar-refractivity contribution in [2.75, 3.05) is 19.0 Å². The Kier molecular flexibility index (Phi) is 5.80. The molecule has 0 aliphatic rings. The van der Waals surface area contributed by atoms with E-state index in [-0.39, 0.29) is 5.91 Å². The minimum Gasteiger partial charge on any atom is -0.497 e. The molecule has 2 heterocycles. The van der Waals surface area contributed by atoms with E-state index in [1.807, 2.05) is 49.4 Å². The van der Waals surface area contributed by atoms with E-state index in [2.05, 4.69) is 20.6 Å². The lowest BCUT2D eigenvalue weighted by Crippen LogP contribution is -2.26. The Morgan fingerprint density at radius 2 is 2.04 bits per heavy atom. The van der Waals surface area contributed by atoms with Crippen LogP contribution in [0.2, 0.25) is 0 Å². The highest BCUT2D eigenvalue weighted by Crippen LogP contribution is 2.20. The number of carbonyl (C=O) groups is 1. The molecule has 0 fully saturated rings. The smallest absolute Gasteiger partial charge is 0.270 e. The zero-order valence-corrected chi connectivity index (χ0v) is 15.5. The molecule has 26 heavy (non-hydrogen) atoms. The molecule has 1 amide bonds. The second-order valence-corrected chi connectivity index (χ2v) is 6.54. The van der Waals surface area contributed by atoms with Crippen molar-refractivity contribution in [2.45, 2.75) is 13.3 Å². The van der Waals surface area contributed by atoms with Crippen molar-refractivity contribution in [3.8, 4) is 5.75 Å². The Morgan fingerprint density at radius 1 is 1.19 bits per heavy atom. The Balaban J connectivity index is 1.53. The number of carbonyl (C=O) groups excluding carboxylic acids is 1. The van der Waals surface area contributed by atoms with E-state index in [1.54, 1.807) is 12.5 Å². The quantitative estimate of drug-likeness (QED) is 0.667. The molecule has 0 bridgehead atoms. The first-order valence-electron chi connectivity index (χ1n) is 8.21. The van der Waals surface area contributed by atoms with E-state index >= 15 is 0 Å². The number of hydrogen-bond acceptors (Lipinski definition) is 6. The third kappa shape index (κ3) is 4.80. The van der Waals surface area contributed by atoms with E-state index in [0.717, 1.165) is 23.4 Å². The van der Waals surface area contributed by atoms with E-state index in [0.29, 0.717) is 23.2 Å². The van der Waals surface area contributed by atoms with Crippen LogP contribution < -0.4 is 15.4 Å². The first-order valence-corrected chi connectivity index (χ1v) is 9.09. The van der Waals surface area contributed by atoms with Gasteiger partial charge in [0.05, 0.1) is 7.11 Å². The van der Waals surface area contributed by atoms with Crippen LogP contribution in [0.4, 0.5) is 10.9 Å². The maximum absolute atomic E-state index is 12.2. The number of anilines is 2. The summed E-state index contributed by atoms with van der Waals surface area (Å²) >= 11 is 1.37. The predicted octanol–water partition coefficient (Wildman–Crippen LogP) is 3.57. The summed E-state index contributed by atoms with van der Waals surface area (Å²) in [5.41, 5.74) is 2.42. The minimum atomic E-state index is -0.186. The summed E-state index contributed by atoms with van der Waals surface area (Å²) < 4.78 is 5.20. The summed E-state index contributed by atoms with van der Waals surface area (Å²) in [6, 6.07) is 13.5. The van der Waals surface area contributed by atoms with E-state index < -0.39 is 0 Å². The molecule has 3 rings (SSSR count). The van der Waals surface area contributed by atoms with Crippen molar-refractivity contribution in [1.82, 2.24) is 15.3 Å². The van der Waals surface area contributed by atoms with Crippen molar-refractivity contribution in [3.05, 3.63) is 64.8 Å². The van der Waals surface area contributed by atoms with Gasteiger partial charge in [-0.05, 0) is 43.2 Å². The summed E-state index contributed by atoms with van der Waals surface area (Å²) in [6.45, 7) is 2.46. The van der Waals surface area contributed by atoms with Gasteiger partial charge in [-0.3, -0.25) is 4.79 Å². The largest absolute Gasteiger partial charge is 0.497 e. The number of rotatable bonds is 7. The van der Waals surface area contributed by atoms with Crippen LogP contribution in [0.3, 0.4) is 0 Å². The van der Waals surface area contributed by atoms with Gasteiger partial charge in [-0.15, -0.1) is 11.3 Å². The summed E-state index contributed by atoms with van der Waals surface area (Å²) in [6.07, 6.45) is 0.728. The molecule has 0 saturated heterocycles. The molecule has 1 aromatic carbocycles. The van der Waals surface area contributed by atoms with Crippen LogP contribution >= 0.6 is 11.3 Å². The van der Waals surface area contributed by atoms with Gasteiger partial charge >= 0.3 is 0 Å². The normalized spacial score (nSPS) is 10.4. The maximum Gasteiger partial charge on any atom is 0.270 e. The van der Waals surface area contributed by atoms with Crippen LogP contribution in [0.5, 0.6) is 5.75 Å². The van der Waals surface area contributed by atoms with Crippen molar-refractivity contribution in [3.63, 3.8) is 0 Å². The second-order valence-electron chi connectivity index (χ2n) is 5.68. The van der Waals surface area contributed by atoms with Crippen molar-refractivity contribution in [1.29, 1.82) is 0 Å². The minimum absolute atomic E-state index is 0.186. The molecule has 2 aromatic heterocycles. The summed E-state index contributed by atoms with van der Waals surface area (Å²) in [5, 5.41) is 8.38. The van der Waals surface area contributed by atoms with Gasteiger partial charge in [-0.1, -0.05) is 18.2 Å². The lowest BCUT2D eigenvalue weighted by Gasteiger charge is -2.05. The zero-order chi connectivity index (χ0) is 18.4. The highest BCUT2D eigenvalue weighted by atomic mass is 32.1. The fourth-order valence-electron chi connectivity index (χ4n) is 2.40. The third-order valence-electron chi connectivity index (χ3n) is 3.69. The monoisotopic (exact) mass is 368 g/mol. The number of amides is 1. The molecular weight excluding hydrogens is 348 g/mol. The fourth-order valence-corrected chi connectivity index (χ4v) is 3.09. The maximum atomic E-state index is 12.2. The molecular formula is C19H20N4O2S. The van der Waals surface area contributed by atoms with E-state index in [9.17, 15) is 4.79 Å². The number of benzene rings is 1. The van der Waals surface area contributed by atoms with Crippen LogP contribution in [-0.2, 0) is 6.42 Å². The number of aromatic nitrogens is 2. The van der Waals surface area contributed by atoms with Crippen LogP contribution in [0.15, 0.2) is 47.8 Å². The number of nitrogens with zero attached hydrogens (tertiary/aromatic N) is 2. The van der Waals surface area contributed by atoms with Gasteiger partial charge in [0.15, 0.2) is 5.13 Å². The second kappa shape index (κ2) is 8.44. The van der Waals surface area contributed by atoms with Gasteiger partial charge in [0.2, 0.25) is 0 Å². The topological polar surface area (TPSA) is 76.1 Å². The Labute approximate surface area is 156 Å². The molecule has 0 unspecified atom stereocenters. The third-order valence-corrected chi connectivity index (χ3v) is 4.45. The number of nitrogens with one attached hydrogen (secondary N) is 2. The molecule has 2 N–H and O–H groups in total. The number of hydrogen-bond donors (Lipinski definition) is 2. The van der Waals surface area contributed by atoms with Crippen LogP contribution in [0, 0.1) is 6.92 Å². The lowest BCUT2D eigenvalue weighted by atomic mass is 10.1. The molecule has 6 nitrogen and oxygen atoms in total. The number of aryl methyl sites for hydroxylation is 1. The van der Waals surface area contributed by atoms with Crippen molar-refractivity contribution in [2.24, 2.45) is 0 Å². The molecule has 3 aromatic rings. The van der Waals surface area contributed by atoms with Gasteiger partial charge < -0.3 is 15.4 Å². The number of ether oxygens (including phenoxy) is 1. The lowest BCUT2D eigenvalue weighted by molar-refractivity contribution is 0.0950. The molecule has 0 spiro atoms. The highest BCUT2D eigenvalue weighted by Gasteiger charge is 2.11. The van der Waals surface area contributed by atoms with Crippen molar-refractivity contribution < 1.29 is 9.53 Å². The van der Waals surface area contributed by atoms with E-state index in [4.69, 9.17) is 4.74 Å². The predicted molar refractivity (Wildman–Crippen MR) is 103 cm³/mol. The molecule has 0 aliphatic heterocycles. The van der Waals surface area contributed by atoms with Gasteiger partial charge in [0, 0.05) is 17.6 Å². The summed E-state index contributed by atoms with van der Waals surface area (Å²) in [7, 11) is 1.64. The van der Waals surface area contributed by atoms with Crippen molar-refractivity contribution >= 4 is 28.2 Å². The first kappa shape index (κ1) is 17.9. The molecule has 0 atom stereocenters. The molecule has 0 aliphatic carbocycles. The van der Waals surface area contributed by atoms with Gasteiger partial charge in [0.1, 0.15) is 17.3 Å². The van der Waals surface area contributed by atoms with Crippen LogP contribution in [-0.4, -0.2) is 29.5 Å². The Hall–Kier alpha value is -2.93. The molecule has 7 heteroatoms.